The van der Waals surface area contributed by atoms with Crippen LogP contribution in [-0.4, -0.2) is 43.9 Å². The predicted molar refractivity (Wildman–Crippen MR) is 101 cm³/mol. The van der Waals surface area contributed by atoms with Gasteiger partial charge in [0, 0.05) is 5.02 Å². The molecule has 2 atom stereocenters. The van der Waals surface area contributed by atoms with Crippen molar-refractivity contribution in [2.24, 2.45) is 17.3 Å². The lowest BCUT2D eigenvalue weighted by Gasteiger charge is -2.51. The van der Waals surface area contributed by atoms with Gasteiger partial charge < -0.3 is 9.47 Å². The molecule has 25 heavy (non-hydrogen) atoms. The van der Waals surface area contributed by atoms with Crippen molar-refractivity contribution in [2.45, 2.75) is 45.3 Å². The van der Waals surface area contributed by atoms with E-state index < -0.39 is 0 Å². The molecule has 0 unspecified atom stereocenters. The fourth-order valence-corrected chi connectivity index (χ4v) is 5.06. The lowest BCUT2D eigenvalue weighted by molar-refractivity contribution is -0.144. The zero-order valence-electron chi connectivity index (χ0n) is 15.4. The third kappa shape index (κ3) is 3.49. The van der Waals surface area contributed by atoms with Crippen molar-refractivity contribution in [1.82, 2.24) is 4.90 Å². The summed E-state index contributed by atoms with van der Waals surface area (Å²) in [6.45, 7) is 9.77. The Labute approximate surface area is 156 Å². The highest BCUT2D eigenvalue weighted by atomic mass is 35.5. The van der Waals surface area contributed by atoms with Crippen LogP contribution < -0.4 is 0 Å². The molecule has 1 aromatic carbocycles. The lowest BCUT2D eigenvalue weighted by atomic mass is 9.66. The van der Waals surface area contributed by atoms with Crippen LogP contribution in [0.2, 0.25) is 5.02 Å². The summed E-state index contributed by atoms with van der Waals surface area (Å²) < 4.78 is 11.9. The first-order chi connectivity index (χ1) is 12.1. The van der Waals surface area contributed by atoms with Crippen molar-refractivity contribution in [3.05, 3.63) is 34.9 Å². The minimum Gasteiger partial charge on any atom is -0.378 e. The van der Waals surface area contributed by atoms with Crippen molar-refractivity contribution in [1.29, 1.82) is 0 Å². The van der Waals surface area contributed by atoms with Gasteiger partial charge in [-0.25, -0.2) is 0 Å². The van der Waals surface area contributed by atoms with Gasteiger partial charge in [0.05, 0.1) is 32.0 Å². The summed E-state index contributed by atoms with van der Waals surface area (Å²) in [4.78, 5) is 2.62. The summed E-state index contributed by atoms with van der Waals surface area (Å²) in [5.41, 5.74) is 1.52. The summed E-state index contributed by atoms with van der Waals surface area (Å²) in [5.74, 6) is 1.13. The average molecular weight is 364 g/mol. The second-order valence-electron chi connectivity index (χ2n) is 8.59. The van der Waals surface area contributed by atoms with E-state index >= 15 is 0 Å². The highest BCUT2D eigenvalue weighted by Gasteiger charge is 2.46. The minimum atomic E-state index is 0.136. The Morgan fingerprint density at radius 2 is 1.88 bits per heavy atom. The topological polar surface area (TPSA) is 21.7 Å². The second kappa shape index (κ2) is 7.19. The number of rotatable bonds is 3. The quantitative estimate of drug-likeness (QED) is 0.786. The largest absolute Gasteiger partial charge is 0.378 e. The summed E-state index contributed by atoms with van der Waals surface area (Å²) in [6, 6.07) is 8.87. The molecule has 3 heterocycles. The number of benzene rings is 1. The number of likely N-dealkylation sites (tertiary alicyclic amines) is 1. The van der Waals surface area contributed by atoms with Crippen LogP contribution in [0.1, 0.15) is 44.8 Å². The molecule has 4 heteroatoms. The Morgan fingerprint density at radius 1 is 1.16 bits per heavy atom. The summed E-state index contributed by atoms with van der Waals surface area (Å²) in [5, 5.41) is 0.842. The van der Waals surface area contributed by atoms with Crippen LogP contribution in [0.25, 0.3) is 0 Å². The molecule has 3 fully saturated rings. The van der Waals surface area contributed by atoms with E-state index in [4.69, 9.17) is 21.1 Å². The first kappa shape index (κ1) is 17.8. The van der Waals surface area contributed by atoms with Crippen LogP contribution in [0.4, 0.5) is 0 Å². The van der Waals surface area contributed by atoms with Gasteiger partial charge in [-0.2, -0.15) is 0 Å². The van der Waals surface area contributed by atoms with Gasteiger partial charge in [0.1, 0.15) is 0 Å². The van der Waals surface area contributed by atoms with Crippen LogP contribution in [0, 0.1) is 17.3 Å². The molecule has 0 amide bonds. The fraction of sp³-hybridized carbons (Fsp3) is 0.714. The molecule has 0 saturated carbocycles. The van der Waals surface area contributed by atoms with Gasteiger partial charge in [-0.3, -0.25) is 4.90 Å². The Morgan fingerprint density at radius 3 is 2.48 bits per heavy atom. The second-order valence-corrected chi connectivity index (χ2v) is 9.00. The van der Waals surface area contributed by atoms with E-state index in [-0.39, 0.29) is 6.10 Å². The van der Waals surface area contributed by atoms with Crippen molar-refractivity contribution in [3.8, 4) is 0 Å². The molecule has 1 aromatic rings. The Kier molecular flexibility index (Phi) is 5.11. The highest BCUT2D eigenvalue weighted by Crippen LogP contribution is 2.50. The van der Waals surface area contributed by atoms with Crippen LogP contribution in [-0.2, 0) is 9.47 Å². The Balaban J connectivity index is 1.47. The van der Waals surface area contributed by atoms with Crippen LogP contribution in [0.15, 0.2) is 24.3 Å². The van der Waals surface area contributed by atoms with Gasteiger partial charge in [-0.05, 0) is 61.2 Å². The molecule has 0 N–H and O–H groups in total. The first-order valence-electron chi connectivity index (χ1n) is 9.76. The molecule has 3 aliphatic heterocycles. The lowest BCUT2D eigenvalue weighted by Crippen LogP contribution is -2.55. The van der Waals surface area contributed by atoms with Crippen molar-refractivity contribution < 1.29 is 9.47 Å². The van der Waals surface area contributed by atoms with E-state index in [1.807, 2.05) is 12.1 Å². The molecule has 0 aromatic heterocycles. The molecule has 3 nitrogen and oxygen atoms in total. The van der Waals surface area contributed by atoms with Gasteiger partial charge in [0.25, 0.3) is 0 Å². The molecule has 3 aliphatic rings. The maximum Gasteiger partial charge on any atom is 0.0870 e. The fourth-order valence-electron chi connectivity index (χ4n) is 4.81. The molecule has 1 spiro atoms. The number of halogens is 1. The van der Waals surface area contributed by atoms with E-state index in [2.05, 4.69) is 30.9 Å². The number of hydrogen-bond donors (Lipinski definition) is 0. The Bertz CT molecular complexity index is 593. The first-order valence-corrected chi connectivity index (χ1v) is 10.1. The number of nitrogens with zero attached hydrogens (tertiary/aromatic N) is 1. The standard InChI is InChI=1S/C21H30ClNO2/c1-15(2)18-11-21(7-9-23(10-8-21)16-12-24-13-16)14-25-20(18)17-5-3-4-6-19(17)22/h3-6,15-16,18,20H,7-14H2,1-2H3/t18-,20-/m1/s1. The molecule has 0 bridgehead atoms. The SMILES string of the molecule is CC(C)[C@H]1CC2(CCN(C3COC3)CC2)CO[C@@H]1c1ccccc1Cl. The van der Waals surface area contributed by atoms with Gasteiger partial charge in [0.2, 0.25) is 0 Å². The molecule has 138 valence electrons. The van der Waals surface area contributed by atoms with E-state index in [0.29, 0.717) is 23.3 Å². The number of ether oxygens (including phenoxy) is 2. The van der Waals surface area contributed by atoms with Crippen LogP contribution >= 0.6 is 11.6 Å². The molecule has 4 rings (SSSR count). The molecule has 0 aliphatic carbocycles. The maximum atomic E-state index is 6.52. The van der Waals surface area contributed by atoms with Crippen molar-refractivity contribution in [3.63, 3.8) is 0 Å². The molecular weight excluding hydrogens is 334 g/mol. The monoisotopic (exact) mass is 363 g/mol. The molecular formula is C21H30ClNO2. The highest BCUT2D eigenvalue weighted by molar-refractivity contribution is 6.31. The van der Waals surface area contributed by atoms with E-state index in [1.165, 1.54) is 37.9 Å². The minimum absolute atomic E-state index is 0.136. The number of hydrogen-bond acceptors (Lipinski definition) is 3. The third-order valence-corrected chi connectivity index (χ3v) is 7.03. The molecule has 0 radical (unpaired) electrons. The summed E-state index contributed by atoms with van der Waals surface area (Å²) in [6.07, 6.45) is 3.90. The van der Waals surface area contributed by atoms with E-state index in [1.54, 1.807) is 0 Å². The van der Waals surface area contributed by atoms with Gasteiger partial charge >= 0.3 is 0 Å². The predicted octanol–water partition coefficient (Wildman–Crippen LogP) is 4.55. The summed E-state index contributed by atoms with van der Waals surface area (Å²) >= 11 is 6.48. The zero-order valence-corrected chi connectivity index (χ0v) is 16.2. The maximum absolute atomic E-state index is 6.52. The zero-order chi connectivity index (χ0) is 17.4. The average Bonchev–Trinajstić information content (AvgIpc) is 2.56. The van der Waals surface area contributed by atoms with E-state index in [0.717, 1.165) is 24.8 Å². The van der Waals surface area contributed by atoms with Crippen molar-refractivity contribution >= 4 is 11.6 Å². The van der Waals surface area contributed by atoms with Crippen LogP contribution in [0.5, 0.6) is 0 Å². The van der Waals surface area contributed by atoms with Crippen molar-refractivity contribution in [2.75, 3.05) is 32.9 Å². The number of piperidine rings is 1. The van der Waals surface area contributed by atoms with Gasteiger partial charge in [-0.15, -0.1) is 0 Å². The van der Waals surface area contributed by atoms with Crippen LogP contribution in [0.3, 0.4) is 0 Å². The molecule has 3 saturated heterocycles. The van der Waals surface area contributed by atoms with E-state index in [9.17, 15) is 0 Å². The summed E-state index contributed by atoms with van der Waals surface area (Å²) in [7, 11) is 0. The van der Waals surface area contributed by atoms with Gasteiger partial charge in [-0.1, -0.05) is 43.6 Å². The normalized spacial score (nSPS) is 30.6. The third-order valence-electron chi connectivity index (χ3n) is 6.69. The smallest absolute Gasteiger partial charge is 0.0870 e. The van der Waals surface area contributed by atoms with Gasteiger partial charge in [0.15, 0.2) is 0 Å². The Hall–Kier alpha value is -0.610.